The Bertz CT molecular complexity index is 341. The Balaban J connectivity index is 1.94. The Labute approximate surface area is 94.6 Å². The smallest absolute Gasteiger partial charge is 0.177 e. The Morgan fingerprint density at radius 3 is 3.06 bits per heavy atom. The lowest BCUT2D eigenvalue weighted by atomic mass is 9.91. The number of hydrogen-bond acceptors (Lipinski definition) is 5. The number of aromatic nitrogens is 4. The predicted molar refractivity (Wildman–Crippen MR) is 56.6 cm³/mol. The van der Waals surface area contributed by atoms with Crippen LogP contribution in [0.1, 0.15) is 25.6 Å². The minimum absolute atomic E-state index is 0.173. The molecular formula is C10H18N4O2. The van der Waals surface area contributed by atoms with Crippen molar-refractivity contribution in [2.24, 2.45) is 13.0 Å². The molecule has 3 unspecified atom stereocenters. The maximum absolute atomic E-state index is 10.1. The molecule has 1 aliphatic rings. The van der Waals surface area contributed by atoms with Crippen LogP contribution in [0, 0.1) is 5.92 Å². The molecule has 6 nitrogen and oxygen atoms in total. The van der Waals surface area contributed by atoms with Crippen LogP contribution in [0.15, 0.2) is 0 Å². The molecule has 1 saturated heterocycles. The van der Waals surface area contributed by atoms with Gasteiger partial charge in [-0.25, -0.2) is 0 Å². The Morgan fingerprint density at radius 2 is 2.44 bits per heavy atom. The van der Waals surface area contributed by atoms with Gasteiger partial charge in [0.15, 0.2) is 5.82 Å². The van der Waals surface area contributed by atoms with Gasteiger partial charge in [0.25, 0.3) is 0 Å². The third-order valence-electron chi connectivity index (χ3n) is 3.10. The van der Waals surface area contributed by atoms with Crippen molar-refractivity contribution in [1.82, 2.24) is 20.2 Å². The van der Waals surface area contributed by atoms with E-state index in [0.29, 0.717) is 12.2 Å². The summed E-state index contributed by atoms with van der Waals surface area (Å²) >= 11 is 0. The summed E-state index contributed by atoms with van der Waals surface area (Å²) in [5, 5.41) is 21.8. The summed E-state index contributed by atoms with van der Waals surface area (Å²) in [7, 11) is 1.72. The summed E-state index contributed by atoms with van der Waals surface area (Å²) in [5.74, 6) is 0.797. The molecule has 6 heteroatoms. The highest BCUT2D eigenvalue weighted by Gasteiger charge is 2.33. The molecule has 0 aromatic carbocycles. The van der Waals surface area contributed by atoms with Crippen molar-refractivity contribution >= 4 is 0 Å². The van der Waals surface area contributed by atoms with Crippen LogP contribution in [0.2, 0.25) is 0 Å². The van der Waals surface area contributed by atoms with Crippen LogP contribution in [0.25, 0.3) is 0 Å². The van der Waals surface area contributed by atoms with Gasteiger partial charge in [-0.1, -0.05) is 6.92 Å². The molecule has 90 valence electrons. The Morgan fingerprint density at radius 1 is 1.62 bits per heavy atom. The summed E-state index contributed by atoms with van der Waals surface area (Å²) in [6, 6.07) is 0. The van der Waals surface area contributed by atoms with Crippen LogP contribution in [0.4, 0.5) is 0 Å². The molecule has 1 fully saturated rings. The number of rotatable bonds is 4. The third kappa shape index (κ3) is 2.38. The molecule has 0 spiro atoms. The second kappa shape index (κ2) is 4.88. The van der Waals surface area contributed by atoms with Gasteiger partial charge in [0.05, 0.1) is 19.3 Å². The van der Waals surface area contributed by atoms with Crippen LogP contribution in [0.3, 0.4) is 0 Å². The van der Waals surface area contributed by atoms with E-state index in [1.807, 2.05) is 0 Å². The van der Waals surface area contributed by atoms with E-state index in [1.54, 1.807) is 7.05 Å². The van der Waals surface area contributed by atoms with Gasteiger partial charge in [-0.3, -0.25) is 0 Å². The van der Waals surface area contributed by atoms with E-state index >= 15 is 0 Å². The number of ether oxygens (including phenoxy) is 1. The fraction of sp³-hybridized carbons (Fsp3) is 0.900. The average Bonchev–Trinajstić information content (AvgIpc) is 2.86. The molecule has 0 bridgehead atoms. The predicted octanol–water partition coefficient (Wildman–Crippen LogP) is -0.0714. The molecule has 0 saturated carbocycles. The Kier molecular flexibility index (Phi) is 3.50. The molecule has 3 atom stereocenters. The van der Waals surface area contributed by atoms with Crippen LogP contribution in [-0.2, 0) is 18.2 Å². The molecule has 16 heavy (non-hydrogen) atoms. The maximum atomic E-state index is 10.1. The SMILES string of the molecule is CCC1OCCC1C(O)Cc1nnn(C)n1. The maximum Gasteiger partial charge on any atom is 0.177 e. The fourth-order valence-corrected chi connectivity index (χ4v) is 2.27. The summed E-state index contributed by atoms with van der Waals surface area (Å²) in [4.78, 5) is 1.41. The molecule has 0 amide bonds. The van der Waals surface area contributed by atoms with Gasteiger partial charge in [-0.2, -0.15) is 4.80 Å². The molecular weight excluding hydrogens is 208 g/mol. The van der Waals surface area contributed by atoms with Crippen LogP contribution in [0.5, 0.6) is 0 Å². The molecule has 1 N–H and O–H groups in total. The molecule has 1 aromatic rings. The highest BCUT2D eigenvalue weighted by Crippen LogP contribution is 2.27. The molecule has 0 aliphatic carbocycles. The zero-order valence-corrected chi connectivity index (χ0v) is 9.70. The van der Waals surface area contributed by atoms with Gasteiger partial charge in [0.2, 0.25) is 0 Å². The number of nitrogens with zero attached hydrogens (tertiary/aromatic N) is 4. The lowest BCUT2D eigenvalue weighted by Crippen LogP contribution is -2.30. The van der Waals surface area contributed by atoms with Crippen molar-refractivity contribution in [3.05, 3.63) is 5.82 Å². The first-order valence-corrected chi connectivity index (χ1v) is 5.73. The number of aryl methyl sites for hydroxylation is 1. The zero-order valence-electron chi connectivity index (χ0n) is 9.70. The fourth-order valence-electron chi connectivity index (χ4n) is 2.27. The summed E-state index contributed by atoms with van der Waals surface area (Å²) in [6.45, 7) is 2.82. The number of aliphatic hydroxyl groups excluding tert-OH is 1. The highest BCUT2D eigenvalue weighted by molar-refractivity contribution is 4.88. The normalized spacial score (nSPS) is 27.2. The standard InChI is InChI=1S/C10H18N4O2/c1-3-9-7(4-5-16-9)8(15)6-10-11-13-14(2)12-10/h7-9,15H,3-6H2,1-2H3. The lowest BCUT2D eigenvalue weighted by molar-refractivity contribution is 0.0309. The molecule has 0 radical (unpaired) electrons. The monoisotopic (exact) mass is 226 g/mol. The average molecular weight is 226 g/mol. The van der Waals surface area contributed by atoms with Gasteiger partial charge < -0.3 is 9.84 Å². The largest absolute Gasteiger partial charge is 0.392 e. The van der Waals surface area contributed by atoms with E-state index in [0.717, 1.165) is 19.4 Å². The number of hydrogen-bond donors (Lipinski definition) is 1. The highest BCUT2D eigenvalue weighted by atomic mass is 16.5. The minimum atomic E-state index is -0.434. The van der Waals surface area contributed by atoms with Gasteiger partial charge in [0, 0.05) is 18.9 Å². The van der Waals surface area contributed by atoms with Crippen molar-refractivity contribution in [2.45, 2.75) is 38.4 Å². The second-order valence-corrected chi connectivity index (χ2v) is 4.24. The lowest BCUT2D eigenvalue weighted by Gasteiger charge is -2.21. The third-order valence-corrected chi connectivity index (χ3v) is 3.10. The first-order valence-electron chi connectivity index (χ1n) is 5.73. The van der Waals surface area contributed by atoms with Gasteiger partial charge in [-0.05, 0) is 18.1 Å². The first kappa shape index (κ1) is 11.5. The van der Waals surface area contributed by atoms with Gasteiger partial charge in [-0.15, -0.1) is 10.2 Å². The van der Waals surface area contributed by atoms with Crippen LogP contribution < -0.4 is 0 Å². The molecule has 2 rings (SSSR count). The van der Waals surface area contributed by atoms with Crippen molar-refractivity contribution in [1.29, 1.82) is 0 Å². The summed E-state index contributed by atoms with van der Waals surface area (Å²) in [6.07, 6.45) is 2.05. The van der Waals surface area contributed by atoms with Crippen molar-refractivity contribution in [3.63, 3.8) is 0 Å². The van der Waals surface area contributed by atoms with Crippen molar-refractivity contribution in [3.8, 4) is 0 Å². The summed E-state index contributed by atoms with van der Waals surface area (Å²) < 4.78 is 5.56. The van der Waals surface area contributed by atoms with Gasteiger partial charge in [0.1, 0.15) is 0 Å². The number of aliphatic hydroxyl groups is 1. The molecule has 1 aromatic heterocycles. The van der Waals surface area contributed by atoms with E-state index in [9.17, 15) is 5.11 Å². The second-order valence-electron chi connectivity index (χ2n) is 4.24. The van der Waals surface area contributed by atoms with E-state index in [2.05, 4.69) is 22.3 Å². The van der Waals surface area contributed by atoms with Crippen molar-refractivity contribution < 1.29 is 9.84 Å². The number of tetrazole rings is 1. The van der Waals surface area contributed by atoms with E-state index in [4.69, 9.17) is 4.74 Å². The molecule has 2 heterocycles. The first-order chi connectivity index (χ1) is 7.70. The van der Waals surface area contributed by atoms with E-state index < -0.39 is 6.10 Å². The van der Waals surface area contributed by atoms with Crippen molar-refractivity contribution in [2.75, 3.05) is 6.61 Å². The van der Waals surface area contributed by atoms with E-state index in [1.165, 1.54) is 4.80 Å². The van der Waals surface area contributed by atoms with Crippen LogP contribution in [-0.4, -0.2) is 44.1 Å². The quantitative estimate of drug-likeness (QED) is 0.778. The minimum Gasteiger partial charge on any atom is -0.392 e. The summed E-state index contributed by atoms with van der Waals surface area (Å²) in [5.41, 5.74) is 0. The van der Waals surface area contributed by atoms with Gasteiger partial charge >= 0.3 is 0 Å². The zero-order chi connectivity index (χ0) is 11.5. The molecule has 1 aliphatic heterocycles. The Hall–Kier alpha value is -1.01. The van der Waals surface area contributed by atoms with E-state index in [-0.39, 0.29) is 12.0 Å². The van der Waals surface area contributed by atoms with Crippen LogP contribution >= 0.6 is 0 Å². The topological polar surface area (TPSA) is 73.1 Å².